The molecule has 0 bridgehead atoms. The minimum Gasteiger partial charge on any atom is -0.366 e. The molecule has 0 spiro atoms. The first-order valence-corrected chi connectivity index (χ1v) is 9.71. The van der Waals surface area contributed by atoms with Crippen LogP contribution in [0.4, 0.5) is 4.39 Å². The maximum atomic E-state index is 13.4. The molecule has 1 saturated heterocycles. The van der Waals surface area contributed by atoms with Crippen molar-refractivity contribution in [1.82, 2.24) is 14.7 Å². The van der Waals surface area contributed by atoms with Gasteiger partial charge in [0.05, 0.1) is 5.57 Å². The first-order valence-electron chi connectivity index (χ1n) is 9.71. The number of piperidine rings is 1. The van der Waals surface area contributed by atoms with Gasteiger partial charge in [0.25, 0.3) is 11.8 Å². The Balaban J connectivity index is 1.98. The lowest BCUT2D eigenvalue weighted by atomic mass is 10.00. The maximum Gasteiger partial charge on any atom is 0.277 e. The molecule has 0 aliphatic carbocycles. The Kier molecular flexibility index (Phi) is 5.95. The van der Waals surface area contributed by atoms with Crippen LogP contribution < -0.4 is 0 Å². The maximum absolute atomic E-state index is 13.4. The van der Waals surface area contributed by atoms with E-state index in [1.165, 1.54) is 17.0 Å². The average Bonchev–Trinajstić information content (AvgIpc) is 2.91. The molecule has 0 saturated carbocycles. The summed E-state index contributed by atoms with van der Waals surface area (Å²) in [6.07, 6.45) is 3.58. The van der Waals surface area contributed by atoms with Gasteiger partial charge in [-0.15, -0.1) is 0 Å². The van der Waals surface area contributed by atoms with Crippen molar-refractivity contribution in [3.8, 4) is 0 Å². The molecule has 2 amide bonds. The van der Waals surface area contributed by atoms with Gasteiger partial charge in [-0.2, -0.15) is 0 Å². The van der Waals surface area contributed by atoms with E-state index in [4.69, 9.17) is 0 Å². The van der Waals surface area contributed by atoms with Crippen molar-refractivity contribution in [2.45, 2.75) is 38.6 Å². The topological polar surface area (TPSA) is 43.9 Å². The minimum atomic E-state index is -0.357. The van der Waals surface area contributed by atoms with Crippen molar-refractivity contribution in [3.63, 3.8) is 0 Å². The van der Waals surface area contributed by atoms with Crippen LogP contribution in [0, 0.1) is 5.82 Å². The number of hydrogen-bond acceptors (Lipinski definition) is 4. The minimum absolute atomic E-state index is 0.217. The second-order valence-electron chi connectivity index (χ2n) is 7.49. The monoisotopic (exact) mass is 373 g/mol. The van der Waals surface area contributed by atoms with E-state index in [-0.39, 0.29) is 23.7 Å². The lowest BCUT2D eigenvalue weighted by molar-refractivity contribution is -0.137. The van der Waals surface area contributed by atoms with Gasteiger partial charge in [-0.25, -0.2) is 4.39 Å². The highest BCUT2D eigenvalue weighted by atomic mass is 19.1. The Bertz CT molecular complexity index is 736. The third-order valence-corrected chi connectivity index (χ3v) is 5.60. The highest BCUT2D eigenvalue weighted by molar-refractivity contribution is 6.35. The van der Waals surface area contributed by atoms with Crippen molar-refractivity contribution in [1.29, 1.82) is 0 Å². The first-order chi connectivity index (χ1) is 12.9. The summed E-state index contributed by atoms with van der Waals surface area (Å²) in [6.45, 7) is 4.39. The van der Waals surface area contributed by atoms with Crippen LogP contribution in [0.2, 0.25) is 0 Å². The number of halogens is 1. The third kappa shape index (κ3) is 3.90. The zero-order valence-electron chi connectivity index (χ0n) is 16.4. The number of likely N-dealkylation sites (tertiary alicyclic amines) is 1. The fourth-order valence-corrected chi connectivity index (χ4v) is 3.85. The molecular formula is C21H28FN3O2. The van der Waals surface area contributed by atoms with Gasteiger partial charge in [0.1, 0.15) is 11.5 Å². The van der Waals surface area contributed by atoms with Crippen LogP contribution >= 0.6 is 0 Å². The molecule has 2 heterocycles. The van der Waals surface area contributed by atoms with Gasteiger partial charge in [0.15, 0.2) is 0 Å². The Morgan fingerprint density at radius 1 is 1.11 bits per heavy atom. The van der Waals surface area contributed by atoms with E-state index in [0.29, 0.717) is 23.4 Å². The molecule has 0 aromatic heterocycles. The number of carbonyl (C=O) groups excluding carboxylic acids is 2. The number of nitrogens with zero attached hydrogens (tertiary/aromatic N) is 3. The molecule has 2 aliphatic heterocycles. The molecule has 1 aromatic carbocycles. The molecular weight excluding hydrogens is 345 g/mol. The zero-order valence-corrected chi connectivity index (χ0v) is 16.4. The molecule has 6 heteroatoms. The van der Waals surface area contributed by atoms with Crippen molar-refractivity contribution in [3.05, 3.63) is 41.3 Å². The lowest BCUT2D eigenvalue weighted by Crippen LogP contribution is -2.43. The molecule has 5 nitrogen and oxygen atoms in total. The zero-order chi connectivity index (χ0) is 19.6. The number of unbranched alkanes of at least 4 members (excludes halogenated alkanes) is 1. The Morgan fingerprint density at radius 2 is 1.74 bits per heavy atom. The highest BCUT2D eigenvalue weighted by Gasteiger charge is 2.42. The number of imide groups is 1. The molecule has 1 aromatic rings. The van der Waals surface area contributed by atoms with E-state index in [2.05, 4.69) is 11.9 Å². The van der Waals surface area contributed by atoms with Crippen LogP contribution in [0.15, 0.2) is 30.0 Å². The number of benzene rings is 1. The fraction of sp³-hybridized carbons (Fsp3) is 0.524. The number of rotatable bonds is 6. The normalized spacial score (nSPS) is 19.3. The molecule has 0 radical (unpaired) electrons. The summed E-state index contributed by atoms with van der Waals surface area (Å²) in [6, 6.07) is 6.06. The van der Waals surface area contributed by atoms with Crippen LogP contribution in [0.3, 0.4) is 0 Å². The van der Waals surface area contributed by atoms with E-state index in [9.17, 15) is 14.0 Å². The third-order valence-electron chi connectivity index (χ3n) is 5.60. The number of carbonyl (C=O) groups is 2. The van der Waals surface area contributed by atoms with E-state index < -0.39 is 0 Å². The Labute approximate surface area is 160 Å². The Hall–Kier alpha value is -2.21. The van der Waals surface area contributed by atoms with Crippen molar-refractivity contribution in [2.24, 2.45) is 0 Å². The van der Waals surface area contributed by atoms with E-state index in [1.807, 2.05) is 18.9 Å². The molecule has 27 heavy (non-hydrogen) atoms. The summed E-state index contributed by atoms with van der Waals surface area (Å²) < 4.78 is 13.4. The lowest BCUT2D eigenvalue weighted by Gasteiger charge is -2.36. The smallest absolute Gasteiger partial charge is 0.277 e. The van der Waals surface area contributed by atoms with Crippen molar-refractivity contribution < 1.29 is 14.0 Å². The fourth-order valence-electron chi connectivity index (χ4n) is 3.85. The van der Waals surface area contributed by atoms with Crippen LogP contribution in [-0.4, -0.2) is 66.3 Å². The van der Waals surface area contributed by atoms with Gasteiger partial charge in [-0.05, 0) is 57.1 Å². The summed E-state index contributed by atoms with van der Waals surface area (Å²) in [5, 5.41) is 0. The SMILES string of the molecule is CCCCN1C(=O)C(c2ccc(F)cc2)=C(N(C)C2CCN(C)CC2)C1=O. The van der Waals surface area contributed by atoms with Gasteiger partial charge in [0.2, 0.25) is 0 Å². The molecule has 3 rings (SSSR count). The molecule has 0 atom stereocenters. The van der Waals surface area contributed by atoms with Crippen LogP contribution in [0.1, 0.15) is 38.2 Å². The van der Waals surface area contributed by atoms with Gasteiger partial charge in [-0.3, -0.25) is 14.5 Å². The van der Waals surface area contributed by atoms with E-state index in [0.717, 1.165) is 38.8 Å². The van der Waals surface area contributed by atoms with Crippen molar-refractivity contribution >= 4 is 17.4 Å². The summed E-state index contributed by atoms with van der Waals surface area (Å²) >= 11 is 0. The molecule has 2 aliphatic rings. The largest absolute Gasteiger partial charge is 0.366 e. The summed E-state index contributed by atoms with van der Waals surface area (Å²) in [4.78, 5) is 31.8. The summed E-state index contributed by atoms with van der Waals surface area (Å²) in [7, 11) is 4.00. The number of hydrogen-bond donors (Lipinski definition) is 0. The predicted molar refractivity (Wildman–Crippen MR) is 103 cm³/mol. The highest BCUT2D eigenvalue weighted by Crippen LogP contribution is 2.33. The summed E-state index contributed by atoms with van der Waals surface area (Å²) in [5.41, 5.74) is 1.46. The van der Waals surface area contributed by atoms with Crippen LogP contribution in [-0.2, 0) is 9.59 Å². The second kappa shape index (κ2) is 8.21. The second-order valence-corrected chi connectivity index (χ2v) is 7.49. The summed E-state index contributed by atoms with van der Waals surface area (Å²) in [5.74, 6) is -0.853. The van der Waals surface area contributed by atoms with Crippen LogP contribution in [0.5, 0.6) is 0 Å². The number of likely N-dealkylation sites (N-methyl/N-ethyl adjacent to an activating group) is 1. The van der Waals surface area contributed by atoms with E-state index >= 15 is 0 Å². The molecule has 146 valence electrons. The van der Waals surface area contributed by atoms with E-state index in [1.54, 1.807) is 12.1 Å². The average molecular weight is 373 g/mol. The van der Waals surface area contributed by atoms with Gasteiger partial charge in [0, 0.05) is 19.6 Å². The molecule has 0 N–H and O–H groups in total. The van der Waals surface area contributed by atoms with Crippen molar-refractivity contribution in [2.75, 3.05) is 33.7 Å². The predicted octanol–water partition coefficient (Wildman–Crippen LogP) is 2.73. The molecule has 0 unspecified atom stereocenters. The quantitative estimate of drug-likeness (QED) is 0.719. The Morgan fingerprint density at radius 3 is 2.33 bits per heavy atom. The van der Waals surface area contributed by atoms with Crippen LogP contribution in [0.25, 0.3) is 5.57 Å². The van der Waals surface area contributed by atoms with Gasteiger partial charge < -0.3 is 9.80 Å². The number of amides is 2. The van der Waals surface area contributed by atoms with Gasteiger partial charge >= 0.3 is 0 Å². The standard InChI is InChI=1S/C21H28FN3O2/c1-4-5-12-25-20(26)18(15-6-8-16(22)9-7-15)19(21(25)27)24(3)17-10-13-23(2)14-11-17/h6-9,17H,4-5,10-14H2,1-3H3. The van der Waals surface area contributed by atoms with Gasteiger partial charge in [-0.1, -0.05) is 25.5 Å². The first kappa shape index (κ1) is 19.5. The molecule has 1 fully saturated rings.